The first kappa shape index (κ1) is 14.8. The van der Waals surface area contributed by atoms with Crippen molar-refractivity contribution >= 4 is 5.91 Å². The highest BCUT2D eigenvalue weighted by Crippen LogP contribution is 2.39. The van der Waals surface area contributed by atoms with E-state index >= 15 is 0 Å². The van der Waals surface area contributed by atoms with E-state index in [1.54, 1.807) is 0 Å². The summed E-state index contributed by atoms with van der Waals surface area (Å²) in [5, 5.41) is 16.7. The number of aliphatic hydroxyl groups is 1. The van der Waals surface area contributed by atoms with Gasteiger partial charge in [-0.05, 0) is 50.1 Å². The van der Waals surface area contributed by atoms with Crippen molar-refractivity contribution in [3.8, 4) is 0 Å². The van der Waals surface area contributed by atoms with Crippen LogP contribution in [0.25, 0.3) is 0 Å². The lowest BCUT2D eigenvalue weighted by atomic mass is 9.71. The van der Waals surface area contributed by atoms with Crippen molar-refractivity contribution in [2.75, 3.05) is 19.6 Å². The van der Waals surface area contributed by atoms with Gasteiger partial charge in [-0.2, -0.15) is 0 Å². The van der Waals surface area contributed by atoms with E-state index in [-0.39, 0.29) is 11.8 Å². The van der Waals surface area contributed by atoms with Gasteiger partial charge >= 0.3 is 0 Å². The first-order chi connectivity index (χ1) is 8.81. The van der Waals surface area contributed by atoms with Crippen LogP contribution >= 0.6 is 0 Å². The van der Waals surface area contributed by atoms with Crippen molar-refractivity contribution in [1.29, 1.82) is 0 Å². The topological polar surface area (TPSA) is 61.4 Å². The van der Waals surface area contributed by atoms with Gasteiger partial charge in [0.25, 0.3) is 0 Å². The third kappa shape index (κ3) is 3.69. The van der Waals surface area contributed by atoms with Crippen LogP contribution in [0.5, 0.6) is 0 Å². The minimum absolute atomic E-state index is 0.0462. The molecule has 1 unspecified atom stereocenters. The van der Waals surface area contributed by atoms with E-state index in [2.05, 4.69) is 24.5 Å². The summed E-state index contributed by atoms with van der Waals surface area (Å²) in [5.41, 5.74) is -0.357. The van der Waals surface area contributed by atoms with Gasteiger partial charge in [0.05, 0.1) is 5.60 Å². The predicted octanol–water partition coefficient (Wildman–Crippen LogP) is 1.29. The largest absolute Gasteiger partial charge is 0.388 e. The lowest BCUT2D eigenvalue weighted by molar-refractivity contribution is -0.128. The lowest BCUT2D eigenvalue weighted by Crippen LogP contribution is -2.52. The maximum atomic E-state index is 12.0. The van der Waals surface area contributed by atoms with Crippen molar-refractivity contribution < 1.29 is 9.90 Å². The molecule has 4 nitrogen and oxygen atoms in total. The van der Waals surface area contributed by atoms with E-state index in [0.29, 0.717) is 17.9 Å². The maximum absolute atomic E-state index is 12.0. The Kier molecular flexibility index (Phi) is 4.21. The van der Waals surface area contributed by atoms with E-state index < -0.39 is 5.60 Å². The van der Waals surface area contributed by atoms with E-state index in [0.717, 1.165) is 38.8 Å². The quantitative estimate of drug-likeness (QED) is 0.720. The summed E-state index contributed by atoms with van der Waals surface area (Å²) >= 11 is 0. The molecule has 0 radical (unpaired) electrons. The van der Waals surface area contributed by atoms with Gasteiger partial charge < -0.3 is 15.7 Å². The summed E-state index contributed by atoms with van der Waals surface area (Å²) in [6.07, 6.45) is 3.64. The Morgan fingerprint density at radius 2 is 1.89 bits per heavy atom. The van der Waals surface area contributed by atoms with Crippen LogP contribution < -0.4 is 10.6 Å². The summed E-state index contributed by atoms with van der Waals surface area (Å²) in [4.78, 5) is 12.0. The number of rotatable bonds is 4. The summed E-state index contributed by atoms with van der Waals surface area (Å²) in [7, 11) is 0. The highest BCUT2D eigenvalue weighted by molar-refractivity contribution is 5.78. The fourth-order valence-electron chi connectivity index (χ4n) is 2.86. The Hall–Kier alpha value is -0.610. The lowest BCUT2D eigenvalue weighted by Gasteiger charge is -2.40. The molecule has 0 aromatic carbocycles. The monoisotopic (exact) mass is 268 g/mol. The molecule has 0 aromatic rings. The SMILES string of the molecule is CC(C(=O)NCC1(O)CCC(C)(C)CC1)C1CNC1. The number of hydrogen-bond acceptors (Lipinski definition) is 3. The summed E-state index contributed by atoms with van der Waals surface area (Å²) in [5.74, 6) is 0.592. The Morgan fingerprint density at radius 3 is 2.37 bits per heavy atom. The molecule has 1 amide bonds. The van der Waals surface area contributed by atoms with Gasteiger partial charge in [-0.1, -0.05) is 20.8 Å². The first-order valence-electron chi connectivity index (χ1n) is 7.52. The zero-order valence-electron chi connectivity index (χ0n) is 12.5. The Bertz CT molecular complexity index is 327. The Balaban J connectivity index is 1.76. The average Bonchev–Trinajstić information content (AvgIpc) is 2.28. The van der Waals surface area contributed by atoms with Crippen LogP contribution in [0.2, 0.25) is 0 Å². The van der Waals surface area contributed by atoms with Gasteiger partial charge in [0.2, 0.25) is 5.91 Å². The van der Waals surface area contributed by atoms with Gasteiger partial charge in [0.15, 0.2) is 0 Å². The molecule has 1 aliphatic heterocycles. The third-order valence-corrected chi connectivity index (χ3v) is 5.06. The zero-order chi connectivity index (χ0) is 14.1. The van der Waals surface area contributed by atoms with Gasteiger partial charge in [-0.25, -0.2) is 0 Å². The normalized spacial score (nSPS) is 27.4. The number of hydrogen-bond donors (Lipinski definition) is 3. The van der Waals surface area contributed by atoms with E-state index in [4.69, 9.17) is 0 Å². The van der Waals surface area contributed by atoms with Gasteiger partial charge in [-0.3, -0.25) is 4.79 Å². The molecule has 1 aliphatic carbocycles. The second-order valence-corrected chi connectivity index (χ2v) is 7.31. The zero-order valence-corrected chi connectivity index (χ0v) is 12.5. The number of carbonyl (C=O) groups excluding carboxylic acids is 1. The highest BCUT2D eigenvalue weighted by Gasteiger charge is 2.37. The standard InChI is InChI=1S/C15H28N2O2/c1-11(12-8-16-9-12)13(18)17-10-15(19)6-4-14(2,3)5-7-15/h11-12,16,19H,4-10H2,1-3H3,(H,17,18). The molecule has 3 N–H and O–H groups in total. The molecule has 1 heterocycles. The second kappa shape index (κ2) is 5.41. The van der Waals surface area contributed by atoms with Crippen LogP contribution in [0.15, 0.2) is 0 Å². The van der Waals surface area contributed by atoms with Crippen LogP contribution in [0.4, 0.5) is 0 Å². The smallest absolute Gasteiger partial charge is 0.223 e. The van der Waals surface area contributed by atoms with Crippen LogP contribution in [-0.2, 0) is 4.79 Å². The predicted molar refractivity (Wildman–Crippen MR) is 75.7 cm³/mol. The molecule has 2 fully saturated rings. The number of carbonyl (C=O) groups is 1. The van der Waals surface area contributed by atoms with Crippen LogP contribution in [0.1, 0.15) is 46.5 Å². The minimum Gasteiger partial charge on any atom is -0.388 e. The Labute approximate surface area is 116 Å². The summed E-state index contributed by atoms with van der Waals surface area (Å²) < 4.78 is 0. The van der Waals surface area contributed by atoms with E-state index in [9.17, 15) is 9.90 Å². The molecular weight excluding hydrogens is 240 g/mol. The fourth-order valence-corrected chi connectivity index (χ4v) is 2.86. The van der Waals surface area contributed by atoms with Gasteiger partial charge in [-0.15, -0.1) is 0 Å². The average molecular weight is 268 g/mol. The summed E-state index contributed by atoms with van der Waals surface area (Å²) in [6.45, 7) is 8.76. The molecule has 110 valence electrons. The molecule has 1 saturated heterocycles. The van der Waals surface area contributed by atoms with Gasteiger partial charge in [0, 0.05) is 12.5 Å². The molecular formula is C15H28N2O2. The van der Waals surface area contributed by atoms with E-state index in [1.165, 1.54) is 0 Å². The third-order valence-electron chi connectivity index (χ3n) is 5.06. The molecule has 0 spiro atoms. The van der Waals surface area contributed by atoms with Crippen molar-refractivity contribution in [3.05, 3.63) is 0 Å². The molecule has 0 aromatic heterocycles. The first-order valence-corrected chi connectivity index (χ1v) is 7.52. The number of amides is 1. The molecule has 19 heavy (non-hydrogen) atoms. The minimum atomic E-state index is -0.692. The molecule has 0 bridgehead atoms. The molecule has 2 rings (SSSR count). The van der Waals surface area contributed by atoms with Crippen molar-refractivity contribution in [3.63, 3.8) is 0 Å². The maximum Gasteiger partial charge on any atom is 0.223 e. The second-order valence-electron chi connectivity index (χ2n) is 7.31. The van der Waals surface area contributed by atoms with Crippen LogP contribution in [-0.4, -0.2) is 36.2 Å². The molecule has 4 heteroatoms. The molecule has 1 atom stereocenters. The fraction of sp³-hybridized carbons (Fsp3) is 0.933. The van der Waals surface area contributed by atoms with Crippen molar-refractivity contribution in [2.45, 2.75) is 52.1 Å². The van der Waals surface area contributed by atoms with E-state index in [1.807, 2.05) is 6.92 Å². The van der Waals surface area contributed by atoms with Crippen LogP contribution in [0.3, 0.4) is 0 Å². The van der Waals surface area contributed by atoms with Crippen molar-refractivity contribution in [2.24, 2.45) is 17.3 Å². The Morgan fingerprint density at radius 1 is 1.32 bits per heavy atom. The molecule has 1 saturated carbocycles. The molecule has 2 aliphatic rings. The highest BCUT2D eigenvalue weighted by atomic mass is 16.3. The summed E-state index contributed by atoms with van der Waals surface area (Å²) in [6, 6.07) is 0. The van der Waals surface area contributed by atoms with Crippen LogP contribution in [0, 0.1) is 17.3 Å². The van der Waals surface area contributed by atoms with Crippen molar-refractivity contribution in [1.82, 2.24) is 10.6 Å². The van der Waals surface area contributed by atoms with Gasteiger partial charge in [0.1, 0.15) is 0 Å². The number of nitrogens with one attached hydrogen (secondary N) is 2.